The molecule has 0 bridgehead atoms. The fourth-order valence-electron chi connectivity index (χ4n) is 1.45. The molecule has 100 valence electrons. The van der Waals surface area contributed by atoms with Crippen molar-refractivity contribution in [1.29, 1.82) is 0 Å². The lowest BCUT2D eigenvalue weighted by Gasteiger charge is -2.09. The van der Waals surface area contributed by atoms with Gasteiger partial charge < -0.3 is 10.4 Å². The number of aromatic nitrogens is 1. The molecule has 0 aliphatic heterocycles. The van der Waals surface area contributed by atoms with Crippen LogP contribution in [0, 0.1) is 16.0 Å². The van der Waals surface area contributed by atoms with Crippen molar-refractivity contribution in [3.05, 3.63) is 27.4 Å². The Labute approximate surface area is 110 Å². The third-order valence-corrected chi connectivity index (χ3v) is 2.72. The molecule has 7 heteroatoms. The van der Waals surface area contributed by atoms with E-state index in [0.717, 1.165) is 12.8 Å². The Hall–Kier alpha value is -1.40. The number of anilines is 1. The predicted molar refractivity (Wildman–Crippen MR) is 69.9 cm³/mol. The number of hydrogen-bond acceptors (Lipinski definition) is 5. The van der Waals surface area contributed by atoms with Crippen LogP contribution in [0.1, 0.15) is 19.8 Å². The van der Waals surface area contributed by atoms with Gasteiger partial charge in [-0.2, -0.15) is 0 Å². The lowest BCUT2D eigenvalue weighted by atomic mass is 10.1. The third-order valence-electron chi connectivity index (χ3n) is 2.51. The molecular weight excluding hydrogens is 258 g/mol. The summed E-state index contributed by atoms with van der Waals surface area (Å²) in [6.45, 7) is 2.65. The van der Waals surface area contributed by atoms with Gasteiger partial charge in [-0.25, -0.2) is 4.98 Å². The van der Waals surface area contributed by atoms with Gasteiger partial charge in [0.25, 0.3) is 0 Å². The highest BCUT2D eigenvalue weighted by Gasteiger charge is 2.15. The van der Waals surface area contributed by atoms with Crippen LogP contribution in [0.25, 0.3) is 0 Å². The molecule has 6 nitrogen and oxygen atoms in total. The van der Waals surface area contributed by atoms with E-state index in [2.05, 4.69) is 10.3 Å². The normalized spacial score (nSPS) is 12.2. The topological polar surface area (TPSA) is 88.3 Å². The first-order valence-electron chi connectivity index (χ1n) is 5.70. The highest BCUT2D eigenvalue weighted by atomic mass is 35.5. The second-order valence-electron chi connectivity index (χ2n) is 4.12. The van der Waals surface area contributed by atoms with E-state index in [4.69, 9.17) is 16.7 Å². The van der Waals surface area contributed by atoms with Gasteiger partial charge in [-0.15, -0.1) is 0 Å². The molecule has 1 heterocycles. The van der Waals surface area contributed by atoms with E-state index in [0.29, 0.717) is 6.54 Å². The zero-order chi connectivity index (χ0) is 13.5. The van der Waals surface area contributed by atoms with Gasteiger partial charge in [0.1, 0.15) is 5.15 Å². The van der Waals surface area contributed by atoms with Crippen LogP contribution in [0.5, 0.6) is 0 Å². The van der Waals surface area contributed by atoms with Gasteiger partial charge in [-0.3, -0.25) is 10.1 Å². The monoisotopic (exact) mass is 273 g/mol. The Morgan fingerprint density at radius 2 is 2.33 bits per heavy atom. The summed E-state index contributed by atoms with van der Waals surface area (Å²) in [4.78, 5) is 14.2. The average Bonchev–Trinajstić information content (AvgIpc) is 2.34. The quantitative estimate of drug-likeness (QED) is 0.345. The van der Waals surface area contributed by atoms with Crippen molar-refractivity contribution in [2.24, 2.45) is 5.92 Å². The SMILES string of the molecule is CC(CO)CCCNc1nc(Cl)ccc1[N+](=O)[O-]. The van der Waals surface area contributed by atoms with Gasteiger partial charge >= 0.3 is 5.69 Å². The van der Waals surface area contributed by atoms with Gasteiger partial charge in [0.15, 0.2) is 0 Å². The molecule has 1 unspecified atom stereocenters. The van der Waals surface area contributed by atoms with Crippen molar-refractivity contribution in [1.82, 2.24) is 4.98 Å². The molecule has 0 spiro atoms. The molecule has 0 amide bonds. The Morgan fingerprint density at radius 1 is 1.61 bits per heavy atom. The van der Waals surface area contributed by atoms with Gasteiger partial charge in [0.05, 0.1) is 4.92 Å². The van der Waals surface area contributed by atoms with Crippen molar-refractivity contribution in [2.75, 3.05) is 18.5 Å². The summed E-state index contributed by atoms with van der Waals surface area (Å²) >= 11 is 5.70. The standard InChI is InChI=1S/C11H16ClN3O3/c1-8(7-16)3-2-6-13-11-9(15(17)18)4-5-10(12)14-11/h4-5,8,16H,2-3,6-7H2,1H3,(H,13,14). The lowest BCUT2D eigenvalue weighted by molar-refractivity contribution is -0.384. The average molecular weight is 274 g/mol. The van der Waals surface area contributed by atoms with E-state index in [-0.39, 0.29) is 29.2 Å². The number of hydrogen-bond donors (Lipinski definition) is 2. The minimum Gasteiger partial charge on any atom is -0.396 e. The Kier molecular flexibility index (Phi) is 5.80. The molecule has 0 aliphatic rings. The molecule has 1 rings (SSSR count). The van der Waals surface area contributed by atoms with Crippen molar-refractivity contribution in [3.63, 3.8) is 0 Å². The van der Waals surface area contributed by atoms with E-state index in [1.807, 2.05) is 6.92 Å². The zero-order valence-electron chi connectivity index (χ0n) is 10.1. The van der Waals surface area contributed by atoms with E-state index in [9.17, 15) is 10.1 Å². The number of nitro groups is 1. The maximum Gasteiger partial charge on any atom is 0.311 e. The van der Waals surface area contributed by atoms with Gasteiger partial charge in [-0.1, -0.05) is 18.5 Å². The molecular formula is C11H16ClN3O3. The fourth-order valence-corrected chi connectivity index (χ4v) is 1.60. The minimum absolute atomic E-state index is 0.0883. The number of nitrogens with zero attached hydrogens (tertiary/aromatic N) is 2. The number of aliphatic hydroxyl groups is 1. The molecule has 0 aromatic carbocycles. The first-order chi connectivity index (χ1) is 8.54. The van der Waals surface area contributed by atoms with Crippen molar-refractivity contribution < 1.29 is 10.0 Å². The number of rotatable bonds is 7. The minimum atomic E-state index is -0.498. The molecule has 0 saturated carbocycles. The highest BCUT2D eigenvalue weighted by Crippen LogP contribution is 2.23. The van der Waals surface area contributed by atoms with Gasteiger partial charge in [-0.05, 0) is 24.8 Å². The first-order valence-corrected chi connectivity index (χ1v) is 6.08. The van der Waals surface area contributed by atoms with Crippen LogP contribution < -0.4 is 5.32 Å². The van der Waals surface area contributed by atoms with Crippen LogP contribution in [0.4, 0.5) is 11.5 Å². The fraction of sp³-hybridized carbons (Fsp3) is 0.545. The number of halogens is 1. The number of nitrogens with one attached hydrogen (secondary N) is 1. The van der Waals surface area contributed by atoms with Crippen LogP contribution in [-0.2, 0) is 0 Å². The molecule has 1 aromatic rings. The van der Waals surface area contributed by atoms with Crippen molar-refractivity contribution in [2.45, 2.75) is 19.8 Å². The summed E-state index contributed by atoms with van der Waals surface area (Å²) < 4.78 is 0. The van der Waals surface area contributed by atoms with Crippen LogP contribution in [-0.4, -0.2) is 28.2 Å². The van der Waals surface area contributed by atoms with Gasteiger partial charge in [0.2, 0.25) is 5.82 Å². The van der Waals surface area contributed by atoms with E-state index in [1.165, 1.54) is 12.1 Å². The zero-order valence-corrected chi connectivity index (χ0v) is 10.9. The van der Waals surface area contributed by atoms with E-state index in [1.54, 1.807) is 0 Å². The smallest absolute Gasteiger partial charge is 0.311 e. The van der Waals surface area contributed by atoms with Crippen molar-refractivity contribution >= 4 is 23.1 Å². The van der Waals surface area contributed by atoms with E-state index >= 15 is 0 Å². The summed E-state index contributed by atoms with van der Waals surface area (Å²) in [6.07, 6.45) is 1.64. The molecule has 2 N–H and O–H groups in total. The summed E-state index contributed by atoms with van der Waals surface area (Å²) in [6, 6.07) is 2.71. The maximum absolute atomic E-state index is 10.8. The second-order valence-corrected chi connectivity index (χ2v) is 4.50. The van der Waals surface area contributed by atoms with Crippen LogP contribution in [0.2, 0.25) is 5.15 Å². The molecule has 1 aromatic heterocycles. The van der Waals surface area contributed by atoms with Crippen LogP contribution in [0.15, 0.2) is 12.1 Å². The molecule has 0 radical (unpaired) electrons. The maximum atomic E-state index is 10.8. The Morgan fingerprint density at radius 3 is 2.94 bits per heavy atom. The van der Waals surface area contributed by atoms with Crippen LogP contribution >= 0.6 is 11.6 Å². The Balaban J connectivity index is 2.55. The predicted octanol–water partition coefficient (Wildman–Crippen LogP) is 2.46. The van der Waals surface area contributed by atoms with Crippen molar-refractivity contribution in [3.8, 4) is 0 Å². The van der Waals surface area contributed by atoms with Crippen LogP contribution in [0.3, 0.4) is 0 Å². The third kappa shape index (κ3) is 4.46. The second kappa shape index (κ2) is 7.13. The molecule has 18 heavy (non-hydrogen) atoms. The first kappa shape index (κ1) is 14.7. The summed E-state index contributed by atoms with van der Waals surface area (Å²) in [5.74, 6) is 0.415. The summed E-state index contributed by atoms with van der Waals surface area (Å²) in [5, 5.41) is 22.7. The molecule has 1 atom stereocenters. The Bertz CT molecular complexity index is 415. The molecule has 0 aliphatic carbocycles. The molecule has 0 saturated heterocycles. The summed E-state index contributed by atoms with van der Waals surface area (Å²) in [7, 11) is 0. The largest absolute Gasteiger partial charge is 0.396 e. The van der Waals surface area contributed by atoms with E-state index < -0.39 is 4.92 Å². The summed E-state index contributed by atoms with van der Waals surface area (Å²) in [5.41, 5.74) is -0.0883. The van der Waals surface area contributed by atoms with Gasteiger partial charge in [0, 0.05) is 19.2 Å². The number of aliphatic hydroxyl groups excluding tert-OH is 1. The number of pyridine rings is 1. The lowest BCUT2D eigenvalue weighted by Crippen LogP contribution is -2.09. The highest BCUT2D eigenvalue weighted by molar-refractivity contribution is 6.29. The molecule has 0 fully saturated rings.